The maximum absolute atomic E-state index is 12.0. The number of hydrogen-bond donors (Lipinski definition) is 0. The van der Waals surface area contributed by atoms with Crippen molar-refractivity contribution < 1.29 is 4.79 Å². The van der Waals surface area contributed by atoms with Gasteiger partial charge in [0.2, 0.25) is 0 Å². The van der Waals surface area contributed by atoms with Crippen molar-refractivity contribution in [1.82, 2.24) is 4.90 Å². The molecule has 2 heterocycles. The Morgan fingerprint density at radius 1 is 0.833 bits per heavy atom. The number of anilines is 2. The molecule has 0 bridgehead atoms. The minimum atomic E-state index is -0.0838. The molecule has 0 amide bonds. The SMILES string of the molecule is O=CC1c2ccccc2N(c2ccccc2)C1N1CCCCCC1. The normalized spacial score (nSPS) is 24.4. The number of para-hydroxylation sites is 2. The Balaban J connectivity index is 1.80. The van der Waals surface area contributed by atoms with Crippen LogP contribution in [0.2, 0.25) is 0 Å². The first-order valence-corrected chi connectivity index (χ1v) is 9.03. The van der Waals surface area contributed by atoms with E-state index in [0.29, 0.717) is 0 Å². The van der Waals surface area contributed by atoms with Gasteiger partial charge in [-0.25, -0.2) is 0 Å². The third-order valence-electron chi connectivity index (χ3n) is 5.34. The van der Waals surface area contributed by atoms with Crippen molar-refractivity contribution in [2.75, 3.05) is 18.0 Å². The molecule has 2 atom stereocenters. The second-order valence-corrected chi connectivity index (χ2v) is 6.79. The number of hydrogen-bond acceptors (Lipinski definition) is 3. The van der Waals surface area contributed by atoms with E-state index in [2.05, 4.69) is 52.3 Å². The molecule has 2 aromatic rings. The first-order chi connectivity index (χ1) is 11.9. The van der Waals surface area contributed by atoms with Crippen LogP contribution in [0.1, 0.15) is 37.2 Å². The van der Waals surface area contributed by atoms with Crippen molar-refractivity contribution in [2.45, 2.75) is 37.8 Å². The molecule has 0 radical (unpaired) electrons. The third kappa shape index (κ3) is 2.63. The maximum atomic E-state index is 12.0. The van der Waals surface area contributed by atoms with E-state index < -0.39 is 0 Å². The summed E-state index contributed by atoms with van der Waals surface area (Å²) in [5.74, 6) is -0.0838. The van der Waals surface area contributed by atoms with Crippen LogP contribution >= 0.6 is 0 Å². The summed E-state index contributed by atoms with van der Waals surface area (Å²) in [6, 6.07) is 18.9. The van der Waals surface area contributed by atoms with Crippen LogP contribution in [-0.2, 0) is 4.79 Å². The fraction of sp³-hybridized carbons (Fsp3) is 0.381. The molecule has 1 saturated heterocycles. The molecule has 3 heteroatoms. The van der Waals surface area contributed by atoms with Crippen LogP contribution in [0.4, 0.5) is 11.4 Å². The summed E-state index contributed by atoms with van der Waals surface area (Å²) in [6.45, 7) is 2.15. The van der Waals surface area contributed by atoms with Crippen LogP contribution in [-0.4, -0.2) is 30.4 Å². The molecule has 3 nitrogen and oxygen atoms in total. The van der Waals surface area contributed by atoms with Gasteiger partial charge >= 0.3 is 0 Å². The lowest BCUT2D eigenvalue weighted by Crippen LogP contribution is -2.47. The molecular formula is C21H24N2O. The second kappa shape index (κ2) is 6.78. The van der Waals surface area contributed by atoms with Gasteiger partial charge in [0.1, 0.15) is 12.5 Å². The van der Waals surface area contributed by atoms with Crippen LogP contribution in [0.3, 0.4) is 0 Å². The first kappa shape index (κ1) is 15.4. The smallest absolute Gasteiger partial charge is 0.130 e. The second-order valence-electron chi connectivity index (χ2n) is 6.79. The van der Waals surface area contributed by atoms with Crippen LogP contribution in [0.5, 0.6) is 0 Å². The summed E-state index contributed by atoms with van der Waals surface area (Å²) in [7, 11) is 0. The summed E-state index contributed by atoms with van der Waals surface area (Å²) < 4.78 is 0. The number of carbonyl (C=O) groups is 1. The zero-order chi connectivity index (χ0) is 16.4. The summed E-state index contributed by atoms with van der Waals surface area (Å²) in [4.78, 5) is 16.9. The fourth-order valence-electron chi connectivity index (χ4n) is 4.23. The minimum absolute atomic E-state index is 0.0838. The molecule has 0 spiro atoms. The monoisotopic (exact) mass is 320 g/mol. The van der Waals surface area contributed by atoms with Crippen molar-refractivity contribution in [3.8, 4) is 0 Å². The molecule has 24 heavy (non-hydrogen) atoms. The number of likely N-dealkylation sites (tertiary alicyclic amines) is 1. The van der Waals surface area contributed by atoms with E-state index in [4.69, 9.17) is 0 Å². The number of fused-ring (bicyclic) bond motifs is 1. The lowest BCUT2D eigenvalue weighted by atomic mass is 10.00. The molecule has 2 aliphatic heterocycles. The van der Waals surface area contributed by atoms with Gasteiger partial charge in [-0.1, -0.05) is 49.2 Å². The number of rotatable bonds is 3. The van der Waals surface area contributed by atoms with E-state index in [1.54, 1.807) is 0 Å². The molecule has 0 aliphatic carbocycles. The largest absolute Gasteiger partial charge is 0.324 e. The van der Waals surface area contributed by atoms with Gasteiger partial charge in [-0.15, -0.1) is 0 Å². The van der Waals surface area contributed by atoms with Gasteiger partial charge in [0.25, 0.3) is 0 Å². The number of aldehydes is 1. The van der Waals surface area contributed by atoms with E-state index in [1.165, 1.54) is 37.1 Å². The third-order valence-corrected chi connectivity index (χ3v) is 5.34. The molecule has 2 aromatic carbocycles. The Morgan fingerprint density at radius 2 is 1.50 bits per heavy atom. The Morgan fingerprint density at radius 3 is 2.21 bits per heavy atom. The van der Waals surface area contributed by atoms with Gasteiger partial charge in [0.05, 0.1) is 5.92 Å². The van der Waals surface area contributed by atoms with E-state index >= 15 is 0 Å². The van der Waals surface area contributed by atoms with E-state index in [1.807, 2.05) is 12.1 Å². The molecule has 2 aliphatic rings. The van der Waals surface area contributed by atoms with Gasteiger partial charge in [0, 0.05) is 24.5 Å². The average Bonchev–Trinajstić information content (AvgIpc) is 2.77. The Bertz CT molecular complexity index is 692. The predicted molar refractivity (Wildman–Crippen MR) is 97.7 cm³/mol. The zero-order valence-electron chi connectivity index (χ0n) is 14.0. The molecule has 4 rings (SSSR count). The van der Waals surface area contributed by atoms with Crippen molar-refractivity contribution in [3.05, 3.63) is 60.2 Å². The van der Waals surface area contributed by atoms with E-state index in [-0.39, 0.29) is 12.1 Å². The van der Waals surface area contributed by atoms with Crippen LogP contribution in [0.25, 0.3) is 0 Å². The summed E-state index contributed by atoms with van der Waals surface area (Å²) in [5, 5.41) is 0. The van der Waals surface area contributed by atoms with Crippen LogP contribution < -0.4 is 4.90 Å². The van der Waals surface area contributed by atoms with Gasteiger partial charge in [-0.2, -0.15) is 0 Å². The quantitative estimate of drug-likeness (QED) is 0.787. The van der Waals surface area contributed by atoms with Gasteiger partial charge < -0.3 is 9.69 Å². The van der Waals surface area contributed by atoms with Crippen molar-refractivity contribution >= 4 is 17.7 Å². The maximum Gasteiger partial charge on any atom is 0.130 e. The van der Waals surface area contributed by atoms with Crippen LogP contribution in [0.15, 0.2) is 54.6 Å². The van der Waals surface area contributed by atoms with Crippen molar-refractivity contribution in [1.29, 1.82) is 0 Å². The molecule has 2 unspecified atom stereocenters. The van der Waals surface area contributed by atoms with Crippen molar-refractivity contribution in [2.24, 2.45) is 0 Å². The van der Waals surface area contributed by atoms with Crippen molar-refractivity contribution in [3.63, 3.8) is 0 Å². The molecule has 0 saturated carbocycles. The number of nitrogens with zero attached hydrogens (tertiary/aromatic N) is 2. The Kier molecular flexibility index (Phi) is 4.35. The van der Waals surface area contributed by atoms with Gasteiger partial charge in [-0.3, -0.25) is 4.90 Å². The molecule has 1 fully saturated rings. The zero-order valence-corrected chi connectivity index (χ0v) is 14.0. The van der Waals surface area contributed by atoms with Gasteiger partial charge in [0.15, 0.2) is 0 Å². The van der Waals surface area contributed by atoms with Crippen LogP contribution in [0, 0.1) is 0 Å². The number of carbonyl (C=O) groups excluding carboxylic acids is 1. The molecule has 0 N–H and O–H groups in total. The Hall–Kier alpha value is -2.13. The molecular weight excluding hydrogens is 296 g/mol. The molecule has 124 valence electrons. The highest BCUT2D eigenvalue weighted by Crippen LogP contribution is 2.45. The van der Waals surface area contributed by atoms with Gasteiger partial charge in [-0.05, 0) is 36.6 Å². The fourth-order valence-corrected chi connectivity index (χ4v) is 4.23. The summed E-state index contributed by atoms with van der Waals surface area (Å²) in [5.41, 5.74) is 3.50. The van der Waals surface area contributed by atoms with E-state index in [0.717, 1.165) is 24.9 Å². The summed E-state index contributed by atoms with van der Waals surface area (Å²) >= 11 is 0. The predicted octanol–water partition coefficient (Wildman–Crippen LogP) is 4.32. The highest BCUT2D eigenvalue weighted by Gasteiger charge is 2.42. The minimum Gasteiger partial charge on any atom is -0.324 e. The average molecular weight is 320 g/mol. The highest BCUT2D eigenvalue weighted by atomic mass is 16.1. The topological polar surface area (TPSA) is 23.6 Å². The lowest BCUT2D eigenvalue weighted by molar-refractivity contribution is -0.110. The first-order valence-electron chi connectivity index (χ1n) is 9.03. The van der Waals surface area contributed by atoms with E-state index in [9.17, 15) is 4.79 Å². The number of benzene rings is 2. The molecule has 0 aromatic heterocycles. The highest BCUT2D eigenvalue weighted by molar-refractivity contribution is 5.81. The standard InChI is InChI=1S/C21H24N2O/c24-16-19-18-12-6-7-13-20(18)23(17-10-4-3-5-11-17)21(19)22-14-8-1-2-9-15-22/h3-7,10-13,16,19,21H,1-2,8-9,14-15H2. The Labute approximate surface area is 143 Å². The summed E-state index contributed by atoms with van der Waals surface area (Å²) in [6.07, 6.45) is 6.29. The lowest BCUT2D eigenvalue weighted by Gasteiger charge is -2.37.